The highest BCUT2D eigenvalue weighted by molar-refractivity contribution is 6.30. The Bertz CT molecular complexity index is 853. The fourth-order valence-corrected chi connectivity index (χ4v) is 3.58. The van der Waals surface area contributed by atoms with E-state index in [0.717, 1.165) is 16.8 Å². The highest BCUT2D eigenvalue weighted by atomic mass is 35.5. The third-order valence-electron chi connectivity index (χ3n) is 5.08. The van der Waals surface area contributed by atoms with Crippen LogP contribution in [0.1, 0.15) is 22.6 Å². The third-order valence-corrected chi connectivity index (χ3v) is 5.31. The first-order valence-electron chi connectivity index (χ1n) is 9.18. The summed E-state index contributed by atoms with van der Waals surface area (Å²) in [6.45, 7) is 5.69. The van der Waals surface area contributed by atoms with Crippen molar-refractivity contribution in [3.8, 4) is 5.75 Å². The van der Waals surface area contributed by atoms with E-state index in [1.807, 2.05) is 13.8 Å². The van der Waals surface area contributed by atoms with Crippen molar-refractivity contribution in [2.45, 2.75) is 26.7 Å². The summed E-state index contributed by atoms with van der Waals surface area (Å²) >= 11 is 6.04. The van der Waals surface area contributed by atoms with E-state index < -0.39 is 0 Å². The molecule has 0 saturated carbocycles. The van der Waals surface area contributed by atoms with Gasteiger partial charge in [-0.3, -0.25) is 9.59 Å². The number of carbonyl (C=O) groups is 2. The molecule has 0 atom stereocenters. The van der Waals surface area contributed by atoms with Crippen LogP contribution < -0.4 is 4.74 Å². The van der Waals surface area contributed by atoms with Gasteiger partial charge in [-0.05, 0) is 32.0 Å². The summed E-state index contributed by atoms with van der Waals surface area (Å²) in [7, 11) is 1.57. The number of amides is 2. The summed E-state index contributed by atoms with van der Waals surface area (Å²) in [6, 6.07) is 5.25. The molecule has 8 heteroatoms. The molecule has 1 aliphatic rings. The van der Waals surface area contributed by atoms with E-state index >= 15 is 0 Å². The molecule has 1 fully saturated rings. The monoisotopic (exact) mass is 405 g/mol. The molecule has 1 aromatic carbocycles. The van der Waals surface area contributed by atoms with E-state index in [-0.39, 0.29) is 24.7 Å². The predicted octanol–water partition coefficient (Wildman–Crippen LogP) is 2.41. The number of methoxy groups -OCH3 is 1. The van der Waals surface area contributed by atoms with Crippen molar-refractivity contribution in [2.75, 3.05) is 33.3 Å². The zero-order chi connectivity index (χ0) is 20.3. The topological polar surface area (TPSA) is 75.9 Å². The first-order valence-corrected chi connectivity index (χ1v) is 9.56. The molecule has 0 spiro atoms. The van der Waals surface area contributed by atoms with Crippen molar-refractivity contribution in [1.29, 1.82) is 0 Å². The molecule has 0 aliphatic carbocycles. The van der Waals surface area contributed by atoms with Gasteiger partial charge < -0.3 is 19.1 Å². The molecule has 3 rings (SSSR count). The van der Waals surface area contributed by atoms with Crippen molar-refractivity contribution in [3.63, 3.8) is 0 Å². The lowest BCUT2D eigenvalue weighted by Crippen LogP contribution is -2.51. The molecule has 2 aromatic rings. The third kappa shape index (κ3) is 4.47. The Morgan fingerprint density at radius 1 is 1.11 bits per heavy atom. The van der Waals surface area contributed by atoms with Gasteiger partial charge in [-0.1, -0.05) is 16.8 Å². The van der Waals surface area contributed by atoms with Crippen LogP contribution >= 0.6 is 11.6 Å². The SMILES string of the molecule is COc1ccc(Cl)cc1CC(=O)N1CCN(C(=O)Cc2c(C)noc2C)CC1. The molecule has 28 heavy (non-hydrogen) atoms. The van der Waals surface area contributed by atoms with Crippen LogP contribution in [0, 0.1) is 13.8 Å². The number of rotatable bonds is 5. The number of hydrogen-bond acceptors (Lipinski definition) is 5. The summed E-state index contributed by atoms with van der Waals surface area (Å²) in [4.78, 5) is 28.8. The molecule has 2 heterocycles. The van der Waals surface area contributed by atoms with E-state index in [4.69, 9.17) is 20.9 Å². The fourth-order valence-electron chi connectivity index (χ4n) is 3.38. The summed E-state index contributed by atoms with van der Waals surface area (Å²) in [6.07, 6.45) is 0.492. The predicted molar refractivity (Wildman–Crippen MR) is 105 cm³/mol. The summed E-state index contributed by atoms with van der Waals surface area (Å²) < 4.78 is 10.4. The standard InChI is InChI=1S/C20H24ClN3O4/c1-13-17(14(2)28-22-13)12-20(26)24-8-6-23(7-9-24)19(25)11-15-10-16(21)4-5-18(15)27-3/h4-5,10H,6-9,11-12H2,1-3H3. The number of benzene rings is 1. The lowest BCUT2D eigenvalue weighted by molar-refractivity contribution is -0.138. The van der Waals surface area contributed by atoms with Crippen LogP contribution in [0.25, 0.3) is 0 Å². The summed E-state index contributed by atoms with van der Waals surface area (Å²) in [5, 5.41) is 4.46. The molecule has 1 saturated heterocycles. The zero-order valence-corrected chi connectivity index (χ0v) is 17.1. The maximum atomic E-state index is 12.7. The zero-order valence-electron chi connectivity index (χ0n) is 16.3. The van der Waals surface area contributed by atoms with Crippen molar-refractivity contribution >= 4 is 23.4 Å². The molecule has 7 nitrogen and oxygen atoms in total. The Balaban J connectivity index is 1.55. The van der Waals surface area contributed by atoms with Gasteiger partial charge in [0, 0.05) is 42.3 Å². The van der Waals surface area contributed by atoms with Crippen molar-refractivity contribution in [1.82, 2.24) is 15.0 Å². The smallest absolute Gasteiger partial charge is 0.227 e. The number of piperazine rings is 1. The normalized spacial score (nSPS) is 14.3. The largest absolute Gasteiger partial charge is 0.496 e. The van der Waals surface area contributed by atoms with Crippen LogP contribution in [0.15, 0.2) is 22.7 Å². The van der Waals surface area contributed by atoms with Crippen molar-refractivity contribution in [3.05, 3.63) is 45.8 Å². The second-order valence-corrected chi connectivity index (χ2v) is 7.31. The second-order valence-electron chi connectivity index (χ2n) is 6.87. The maximum Gasteiger partial charge on any atom is 0.227 e. The van der Waals surface area contributed by atoms with E-state index in [9.17, 15) is 9.59 Å². The van der Waals surface area contributed by atoms with Gasteiger partial charge in [0.25, 0.3) is 0 Å². The lowest BCUT2D eigenvalue weighted by atomic mass is 10.1. The van der Waals surface area contributed by atoms with Gasteiger partial charge in [0.1, 0.15) is 11.5 Å². The van der Waals surface area contributed by atoms with Crippen LogP contribution in [0.5, 0.6) is 5.75 Å². The Kier molecular flexibility index (Phi) is 6.24. The molecule has 0 radical (unpaired) electrons. The average Bonchev–Trinajstić information content (AvgIpc) is 3.00. The second kappa shape index (κ2) is 8.65. The Labute approximate surface area is 169 Å². The van der Waals surface area contributed by atoms with Crippen LogP contribution in [0.2, 0.25) is 5.02 Å². The Morgan fingerprint density at radius 3 is 2.25 bits per heavy atom. The van der Waals surface area contributed by atoms with Crippen molar-refractivity contribution in [2.24, 2.45) is 0 Å². The van der Waals surface area contributed by atoms with E-state index in [1.165, 1.54) is 0 Å². The molecular formula is C20H24ClN3O4. The lowest BCUT2D eigenvalue weighted by Gasteiger charge is -2.35. The number of halogens is 1. The number of aromatic nitrogens is 1. The maximum absolute atomic E-state index is 12.7. The molecule has 1 aliphatic heterocycles. The van der Waals surface area contributed by atoms with Gasteiger partial charge in [-0.2, -0.15) is 0 Å². The van der Waals surface area contributed by atoms with Crippen LogP contribution in [0.4, 0.5) is 0 Å². The molecule has 0 N–H and O–H groups in total. The van der Waals surface area contributed by atoms with Gasteiger partial charge in [-0.25, -0.2) is 0 Å². The molecular weight excluding hydrogens is 382 g/mol. The number of hydrogen-bond donors (Lipinski definition) is 0. The fraction of sp³-hybridized carbons (Fsp3) is 0.450. The van der Waals surface area contributed by atoms with E-state index in [0.29, 0.717) is 42.7 Å². The minimum atomic E-state index is -0.00149. The van der Waals surface area contributed by atoms with E-state index in [1.54, 1.807) is 35.1 Å². The number of aryl methyl sites for hydroxylation is 2. The Hall–Kier alpha value is -2.54. The van der Waals surface area contributed by atoms with Crippen LogP contribution in [-0.2, 0) is 22.4 Å². The minimum Gasteiger partial charge on any atom is -0.496 e. The summed E-state index contributed by atoms with van der Waals surface area (Å²) in [5.74, 6) is 1.34. The first kappa shape index (κ1) is 20.2. The van der Waals surface area contributed by atoms with Gasteiger partial charge >= 0.3 is 0 Å². The molecule has 0 unspecified atom stereocenters. The van der Waals surface area contributed by atoms with Gasteiger partial charge in [0.15, 0.2) is 0 Å². The highest BCUT2D eigenvalue weighted by Gasteiger charge is 2.26. The van der Waals surface area contributed by atoms with Crippen LogP contribution in [-0.4, -0.2) is 60.1 Å². The van der Waals surface area contributed by atoms with Crippen LogP contribution in [0.3, 0.4) is 0 Å². The number of nitrogens with zero attached hydrogens (tertiary/aromatic N) is 3. The molecule has 1 aromatic heterocycles. The average molecular weight is 406 g/mol. The molecule has 150 valence electrons. The number of ether oxygens (including phenoxy) is 1. The minimum absolute atomic E-state index is 0.00149. The van der Waals surface area contributed by atoms with Crippen molar-refractivity contribution < 1.29 is 18.8 Å². The number of carbonyl (C=O) groups excluding carboxylic acids is 2. The van der Waals surface area contributed by atoms with Gasteiger partial charge in [0.2, 0.25) is 11.8 Å². The first-order chi connectivity index (χ1) is 13.4. The molecule has 2 amide bonds. The highest BCUT2D eigenvalue weighted by Crippen LogP contribution is 2.24. The quantitative estimate of drug-likeness (QED) is 0.763. The van der Waals surface area contributed by atoms with Gasteiger partial charge in [0.05, 0.1) is 25.6 Å². The van der Waals surface area contributed by atoms with Gasteiger partial charge in [-0.15, -0.1) is 0 Å². The van der Waals surface area contributed by atoms with E-state index in [2.05, 4.69) is 5.16 Å². The molecule has 0 bridgehead atoms. The Morgan fingerprint density at radius 2 is 1.71 bits per heavy atom. The summed E-state index contributed by atoms with van der Waals surface area (Å²) in [5.41, 5.74) is 2.35.